The smallest absolute Gasteiger partial charge is 0.326 e. The zero-order valence-electron chi connectivity index (χ0n) is 12.1. The van der Waals surface area contributed by atoms with Gasteiger partial charge in [-0.05, 0) is 35.3 Å². The van der Waals surface area contributed by atoms with Gasteiger partial charge in [-0.2, -0.15) is 0 Å². The van der Waals surface area contributed by atoms with Gasteiger partial charge in [0.25, 0.3) is 0 Å². The van der Waals surface area contributed by atoms with Crippen LogP contribution in [-0.2, 0) is 16.0 Å². The predicted molar refractivity (Wildman–Crippen MR) is 79.1 cm³/mol. The van der Waals surface area contributed by atoms with E-state index in [-0.39, 0.29) is 5.92 Å². The average Bonchev–Trinajstić information content (AvgIpc) is 2.89. The van der Waals surface area contributed by atoms with E-state index in [1.165, 1.54) is 6.08 Å². The molecule has 1 aromatic carbocycles. The van der Waals surface area contributed by atoms with Crippen LogP contribution in [0.2, 0.25) is 0 Å². The Morgan fingerprint density at radius 3 is 2.81 bits per heavy atom. The molecule has 1 aliphatic heterocycles. The highest BCUT2D eigenvalue weighted by Crippen LogP contribution is 2.26. The van der Waals surface area contributed by atoms with Crippen molar-refractivity contribution in [2.45, 2.75) is 26.3 Å². The van der Waals surface area contributed by atoms with E-state index in [9.17, 15) is 9.59 Å². The summed E-state index contributed by atoms with van der Waals surface area (Å²) < 4.78 is 5.42. The lowest BCUT2D eigenvalue weighted by atomic mass is 10.0. The van der Waals surface area contributed by atoms with E-state index in [2.05, 4.69) is 5.32 Å². The van der Waals surface area contributed by atoms with E-state index < -0.39 is 17.9 Å². The SMILES string of the molecule is CC(C)[C@@H](NC(=O)C=Cc1ccc2c(c1)CCO2)C(=O)O. The number of carbonyl (C=O) groups excluding carboxylic acids is 1. The summed E-state index contributed by atoms with van der Waals surface area (Å²) in [5.74, 6) is -0.714. The third-order valence-electron chi connectivity index (χ3n) is 3.37. The first-order chi connectivity index (χ1) is 9.97. The molecule has 1 amide bonds. The number of nitrogens with one attached hydrogen (secondary N) is 1. The van der Waals surface area contributed by atoms with Crippen molar-refractivity contribution in [3.8, 4) is 5.75 Å². The van der Waals surface area contributed by atoms with Crippen molar-refractivity contribution in [2.24, 2.45) is 5.92 Å². The number of benzene rings is 1. The largest absolute Gasteiger partial charge is 0.493 e. The molecule has 0 saturated carbocycles. The minimum absolute atomic E-state index is 0.169. The van der Waals surface area contributed by atoms with Crippen molar-refractivity contribution >= 4 is 18.0 Å². The van der Waals surface area contributed by atoms with Gasteiger partial charge in [0, 0.05) is 12.5 Å². The second-order valence-electron chi connectivity index (χ2n) is 5.37. The number of fused-ring (bicyclic) bond motifs is 1. The zero-order valence-corrected chi connectivity index (χ0v) is 12.1. The number of carbonyl (C=O) groups is 2. The average molecular weight is 289 g/mol. The second-order valence-corrected chi connectivity index (χ2v) is 5.37. The summed E-state index contributed by atoms with van der Waals surface area (Å²) in [4.78, 5) is 22.8. The van der Waals surface area contributed by atoms with Gasteiger partial charge >= 0.3 is 5.97 Å². The standard InChI is InChI=1S/C16H19NO4/c1-10(2)15(16(19)20)17-14(18)6-4-11-3-5-13-12(9-11)7-8-21-13/h3-6,9-10,15H,7-8H2,1-2H3,(H,17,18)(H,19,20)/t15-/m1/s1. The molecule has 0 bridgehead atoms. The summed E-state index contributed by atoms with van der Waals surface area (Å²) in [6, 6.07) is 4.85. The molecule has 1 aliphatic rings. The van der Waals surface area contributed by atoms with Gasteiger partial charge in [-0.1, -0.05) is 19.9 Å². The Labute approximate surface area is 123 Å². The van der Waals surface area contributed by atoms with Crippen LogP contribution < -0.4 is 10.1 Å². The second kappa shape index (κ2) is 6.43. The van der Waals surface area contributed by atoms with Gasteiger partial charge in [-0.3, -0.25) is 4.79 Å². The van der Waals surface area contributed by atoms with Crippen LogP contribution in [0.3, 0.4) is 0 Å². The molecule has 0 spiro atoms. The number of amides is 1. The zero-order chi connectivity index (χ0) is 15.4. The Kier molecular flexibility index (Phi) is 4.62. The number of hydrogen-bond acceptors (Lipinski definition) is 3. The number of carboxylic acids is 1. The fraction of sp³-hybridized carbons (Fsp3) is 0.375. The van der Waals surface area contributed by atoms with E-state index in [1.54, 1.807) is 19.9 Å². The van der Waals surface area contributed by atoms with Crippen LogP contribution in [0.1, 0.15) is 25.0 Å². The molecule has 1 heterocycles. The predicted octanol–water partition coefficient (Wildman–Crippen LogP) is 1.86. The van der Waals surface area contributed by atoms with E-state index in [0.29, 0.717) is 6.61 Å². The number of hydrogen-bond donors (Lipinski definition) is 2. The van der Waals surface area contributed by atoms with Crippen LogP contribution in [-0.4, -0.2) is 29.6 Å². The van der Waals surface area contributed by atoms with E-state index in [1.807, 2.05) is 18.2 Å². The molecule has 1 aromatic rings. The monoisotopic (exact) mass is 289 g/mol. The van der Waals surface area contributed by atoms with Crippen LogP contribution >= 0.6 is 0 Å². The highest BCUT2D eigenvalue weighted by molar-refractivity contribution is 5.94. The Morgan fingerprint density at radius 1 is 1.38 bits per heavy atom. The van der Waals surface area contributed by atoms with Crippen LogP contribution in [0, 0.1) is 5.92 Å². The van der Waals surface area contributed by atoms with Gasteiger partial charge in [-0.15, -0.1) is 0 Å². The van der Waals surface area contributed by atoms with Gasteiger partial charge in [0.2, 0.25) is 5.91 Å². The molecule has 5 heteroatoms. The molecule has 21 heavy (non-hydrogen) atoms. The topological polar surface area (TPSA) is 75.6 Å². The van der Waals surface area contributed by atoms with Crippen LogP contribution in [0.5, 0.6) is 5.75 Å². The minimum atomic E-state index is -1.03. The van der Waals surface area contributed by atoms with Crippen LogP contribution in [0.15, 0.2) is 24.3 Å². The lowest BCUT2D eigenvalue weighted by molar-refractivity contribution is -0.142. The van der Waals surface area contributed by atoms with Gasteiger partial charge in [0.15, 0.2) is 0 Å². The Balaban J connectivity index is 2.00. The molecule has 2 N–H and O–H groups in total. The van der Waals surface area contributed by atoms with Crippen LogP contribution in [0.4, 0.5) is 0 Å². The maximum atomic E-state index is 11.8. The third-order valence-corrected chi connectivity index (χ3v) is 3.37. The molecule has 2 rings (SSSR count). The summed E-state index contributed by atoms with van der Waals surface area (Å²) in [6.07, 6.45) is 3.90. The molecule has 112 valence electrons. The van der Waals surface area contributed by atoms with Gasteiger partial charge < -0.3 is 15.2 Å². The first-order valence-corrected chi connectivity index (χ1v) is 6.94. The maximum Gasteiger partial charge on any atom is 0.326 e. The van der Waals surface area contributed by atoms with Gasteiger partial charge in [0.05, 0.1) is 6.61 Å². The number of rotatable bonds is 5. The summed E-state index contributed by atoms with van der Waals surface area (Å²) in [7, 11) is 0. The summed E-state index contributed by atoms with van der Waals surface area (Å²) in [5, 5.41) is 11.5. The van der Waals surface area contributed by atoms with Gasteiger partial charge in [-0.25, -0.2) is 4.79 Å². The molecule has 1 atom stereocenters. The highest BCUT2D eigenvalue weighted by Gasteiger charge is 2.22. The molecular formula is C16H19NO4. The first kappa shape index (κ1) is 15.1. The van der Waals surface area contributed by atoms with E-state index in [0.717, 1.165) is 23.3 Å². The summed E-state index contributed by atoms with van der Waals surface area (Å²) in [5.41, 5.74) is 2.02. The number of ether oxygens (including phenoxy) is 1. The lowest BCUT2D eigenvalue weighted by Gasteiger charge is -2.16. The Hall–Kier alpha value is -2.30. The maximum absolute atomic E-state index is 11.8. The summed E-state index contributed by atoms with van der Waals surface area (Å²) in [6.45, 7) is 4.20. The molecule has 0 fully saturated rings. The minimum Gasteiger partial charge on any atom is -0.493 e. The van der Waals surface area contributed by atoms with Crippen molar-refractivity contribution in [1.29, 1.82) is 0 Å². The summed E-state index contributed by atoms with van der Waals surface area (Å²) >= 11 is 0. The van der Waals surface area contributed by atoms with Gasteiger partial charge in [0.1, 0.15) is 11.8 Å². The van der Waals surface area contributed by atoms with Crippen molar-refractivity contribution in [2.75, 3.05) is 6.61 Å². The molecule has 0 aliphatic carbocycles. The lowest BCUT2D eigenvalue weighted by Crippen LogP contribution is -2.43. The third kappa shape index (κ3) is 3.84. The van der Waals surface area contributed by atoms with Crippen molar-refractivity contribution in [3.63, 3.8) is 0 Å². The molecule has 0 radical (unpaired) electrons. The van der Waals surface area contributed by atoms with Crippen LogP contribution in [0.25, 0.3) is 6.08 Å². The Morgan fingerprint density at radius 2 is 2.14 bits per heavy atom. The number of carboxylic acid groups (broad SMARTS) is 1. The molecular weight excluding hydrogens is 270 g/mol. The Bertz CT molecular complexity index is 578. The molecule has 0 saturated heterocycles. The van der Waals surface area contributed by atoms with Crippen molar-refractivity contribution < 1.29 is 19.4 Å². The highest BCUT2D eigenvalue weighted by atomic mass is 16.5. The van der Waals surface area contributed by atoms with Crippen molar-refractivity contribution in [3.05, 3.63) is 35.4 Å². The fourth-order valence-corrected chi connectivity index (χ4v) is 2.20. The van der Waals surface area contributed by atoms with E-state index >= 15 is 0 Å². The number of aliphatic carboxylic acids is 1. The molecule has 0 unspecified atom stereocenters. The fourth-order valence-electron chi connectivity index (χ4n) is 2.20. The first-order valence-electron chi connectivity index (χ1n) is 6.94. The molecule has 0 aromatic heterocycles. The molecule has 5 nitrogen and oxygen atoms in total. The normalized spacial score (nSPS) is 14.8. The quantitative estimate of drug-likeness (QED) is 0.811. The van der Waals surface area contributed by atoms with E-state index in [4.69, 9.17) is 9.84 Å². The van der Waals surface area contributed by atoms with Crippen molar-refractivity contribution in [1.82, 2.24) is 5.32 Å².